The van der Waals surface area contributed by atoms with Gasteiger partial charge < -0.3 is 16.0 Å². The number of hydrogen-bond acceptors (Lipinski definition) is 4. The van der Waals surface area contributed by atoms with Crippen LogP contribution in [0.15, 0.2) is 91.0 Å². The Morgan fingerprint density at radius 1 is 0.974 bits per heavy atom. The first kappa shape index (κ1) is 27.8. The van der Waals surface area contributed by atoms with E-state index in [0.717, 1.165) is 12.0 Å². The van der Waals surface area contributed by atoms with Crippen LogP contribution < -0.4 is 11.1 Å². The summed E-state index contributed by atoms with van der Waals surface area (Å²) in [6.45, 7) is 1.67. The van der Waals surface area contributed by atoms with Gasteiger partial charge in [0.25, 0.3) is 0 Å². The normalized spacial score (nSPS) is 18.2. The van der Waals surface area contributed by atoms with Gasteiger partial charge in [0.2, 0.25) is 5.91 Å². The molecule has 0 saturated carbocycles. The van der Waals surface area contributed by atoms with Gasteiger partial charge in [-0.05, 0) is 60.7 Å². The first-order valence-electron chi connectivity index (χ1n) is 13.3. The zero-order valence-corrected chi connectivity index (χ0v) is 22.4. The second kappa shape index (κ2) is 14.1. The van der Waals surface area contributed by atoms with Gasteiger partial charge in [-0.25, -0.2) is 0 Å². The molecule has 5 nitrogen and oxygen atoms in total. The highest BCUT2D eigenvalue weighted by Crippen LogP contribution is 2.27. The number of allylic oxidation sites excluding steroid dienone is 1. The van der Waals surface area contributed by atoms with Crippen molar-refractivity contribution in [2.45, 2.75) is 43.7 Å². The molecule has 38 heavy (non-hydrogen) atoms. The average molecular weight is 530 g/mol. The maximum Gasteiger partial charge on any atom is 0.239 e. The van der Waals surface area contributed by atoms with Crippen LogP contribution in [0.5, 0.6) is 0 Å². The van der Waals surface area contributed by atoms with Crippen LogP contribution in [-0.2, 0) is 9.59 Å². The summed E-state index contributed by atoms with van der Waals surface area (Å²) >= 11 is 5.93. The molecule has 0 aromatic heterocycles. The molecule has 198 valence electrons. The van der Waals surface area contributed by atoms with Crippen molar-refractivity contribution in [3.05, 3.63) is 113 Å². The van der Waals surface area contributed by atoms with Crippen molar-refractivity contribution in [1.29, 1.82) is 0 Å². The van der Waals surface area contributed by atoms with Crippen LogP contribution in [0.3, 0.4) is 0 Å². The fourth-order valence-corrected chi connectivity index (χ4v) is 5.15. The number of carbonyl (C=O) groups excluding carboxylic acids is 2. The predicted octanol–water partition coefficient (Wildman–Crippen LogP) is 5.44. The minimum Gasteiger partial charge on any atom is -0.340 e. The maximum atomic E-state index is 13.6. The van der Waals surface area contributed by atoms with Crippen molar-refractivity contribution < 1.29 is 9.59 Å². The Hall–Kier alpha value is -3.25. The van der Waals surface area contributed by atoms with Crippen LogP contribution in [0.2, 0.25) is 5.02 Å². The molecule has 2 atom stereocenters. The van der Waals surface area contributed by atoms with E-state index in [1.807, 2.05) is 71.6 Å². The quantitative estimate of drug-likeness (QED) is 0.324. The van der Waals surface area contributed by atoms with Crippen molar-refractivity contribution in [3.8, 4) is 0 Å². The van der Waals surface area contributed by atoms with E-state index in [1.54, 1.807) is 6.08 Å². The summed E-state index contributed by atoms with van der Waals surface area (Å²) in [5.74, 6) is 0.234. The Bertz CT molecular complexity index is 1160. The van der Waals surface area contributed by atoms with E-state index in [4.69, 9.17) is 17.3 Å². The second-order valence-electron chi connectivity index (χ2n) is 9.83. The number of rotatable bonds is 11. The number of carbonyl (C=O) groups is 2. The first-order chi connectivity index (χ1) is 18.5. The molecule has 0 bridgehead atoms. The van der Waals surface area contributed by atoms with Crippen molar-refractivity contribution >= 4 is 29.4 Å². The fourth-order valence-electron chi connectivity index (χ4n) is 5.02. The van der Waals surface area contributed by atoms with Gasteiger partial charge in [-0.1, -0.05) is 90.5 Å². The molecule has 4 rings (SSSR count). The van der Waals surface area contributed by atoms with Gasteiger partial charge in [-0.15, -0.1) is 0 Å². The number of nitrogens with zero attached hydrogens (tertiary/aromatic N) is 1. The summed E-state index contributed by atoms with van der Waals surface area (Å²) in [6, 6.07) is 27.8. The molecule has 1 saturated heterocycles. The monoisotopic (exact) mass is 529 g/mol. The minimum atomic E-state index is -0.348. The highest BCUT2D eigenvalue weighted by molar-refractivity contribution is 6.30. The van der Waals surface area contributed by atoms with Gasteiger partial charge in [0.1, 0.15) is 0 Å². The molecule has 3 aromatic rings. The largest absolute Gasteiger partial charge is 0.340 e. The van der Waals surface area contributed by atoms with E-state index in [1.165, 1.54) is 11.1 Å². The molecule has 0 spiro atoms. The van der Waals surface area contributed by atoms with Crippen molar-refractivity contribution in [2.75, 3.05) is 19.6 Å². The van der Waals surface area contributed by atoms with E-state index in [2.05, 4.69) is 29.6 Å². The lowest BCUT2D eigenvalue weighted by atomic mass is 9.90. The average Bonchev–Trinajstić information content (AvgIpc) is 3.09. The lowest BCUT2D eigenvalue weighted by Gasteiger charge is -2.29. The third-order valence-electron chi connectivity index (χ3n) is 7.13. The van der Waals surface area contributed by atoms with Gasteiger partial charge in [0.05, 0.1) is 6.04 Å². The van der Waals surface area contributed by atoms with Gasteiger partial charge in [-0.2, -0.15) is 0 Å². The summed E-state index contributed by atoms with van der Waals surface area (Å²) in [5.41, 5.74) is 9.20. The molecule has 3 N–H and O–H groups in total. The highest BCUT2D eigenvalue weighted by Gasteiger charge is 2.32. The molecule has 1 amide bonds. The molecule has 3 aromatic carbocycles. The number of benzene rings is 3. The lowest BCUT2D eigenvalue weighted by Crippen LogP contribution is -2.47. The number of nitrogens with two attached hydrogens (primary N) is 1. The summed E-state index contributed by atoms with van der Waals surface area (Å²) in [7, 11) is 0. The molecule has 1 aliphatic rings. The summed E-state index contributed by atoms with van der Waals surface area (Å²) < 4.78 is 0. The van der Waals surface area contributed by atoms with Gasteiger partial charge in [-0.3, -0.25) is 9.59 Å². The van der Waals surface area contributed by atoms with Gasteiger partial charge >= 0.3 is 0 Å². The Labute approximate surface area is 230 Å². The third kappa shape index (κ3) is 7.87. The first-order valence-corrected chi connectivity index (χ1v) is 13.7. The standard InChI is InChI=1S/C32H36ClN3O2/c33-27-14-11-24(12-15-27)13-17-29(37)18-16-28-20-22-36(32(38)31(35-28)19-21-34)23-30(25-7-3-1-4-8-25)26-9-5-2-6-10-26/h1-15,17,28,30-31,35H,16,18-23,34H2/b17-13+/t28-,31+/m1/s1. The Balaban J connectivity index is 1.42. The predicted molar refractivity (Wildman–Crippen MR) is 155 cm³/mol. The van der Waals surface area contributed by atoms with Crippen LogP contribution in [0, 0.1) is 0 Å². The molecule has 0 unspecified atom stereocenters. The van der Waals surface area contributed by atoms with Gasteiger partial charge in [0, 0.05) is 36.5 Å². The summed E-state index contributed by atoms with van der Waals surface area (Å²) in [6.07, 6.45) is 5.89. The van der Waals surface area contributed by atoms with Crippen LogP contribution >= 0.6 is 11.6 Å². The molecule has 1 fully saturated rings. The molecular weight excluding hydrogens is 494 g/mol. The van der Waals surface area contributed by atoms with E-state index in [0.29, 0.717) is 43.9 Å². The van der Waals surface area contributed by atoms with E-state index < -0.39 is 0 Å². The maximum absolute atomic E-state index is 13.6. The van der Waals surface area contributed by atoms with Crippen molar-refractivity contribution in [3.63, 3.8) is 0 Å². The second-order valence-corrected chi connectivity index (χ2v) is 10.3. The summed E-state index contributed by atoms with van der Waals surface area (Å²) in [5, 5.41) is 4.19. The number of halogens is 1. The molecule has 6 heteroatoms. The lowest BCUT2D eigenvalue weighted by molar-refractivity contribution is -0.133. The van der Waals surface area contributed by atoms with Gasteiger partial charge in [0.15, 0.2) is 5.78 Å². The van der Waals surface area contributed by atoms with Crippen LogP contribution in [-0.4, -0.2) is 48.3 Å². The zero-order valence-electron chi connectivity index (χ0n) is 21.6. The SMILES string of the molecule is NCC[C@@H]1N[C@H](CCC(=O)/C=C/c2ccc(Cl)cc2)CCN(CC(c2ccccc2)c2ccccc2)C1=O. The molecule has 1 heterocycles. The van der Waals surface area contributed by atoms with Crippen LogP contribution in [0.1, 0.15) is 48.3 Å². The summed E-state index contributed by atoms with van der Waals surface area (Å²) in [4.78, 5) is 28.2. The van der Waals surface area contributed by atoms with Crippen molar-refractivity contribution in [2.24, 2.45) is 5.73 Å². The smallest absolute Gasteiger partial charge is 0.239 e. The number of nitrogens with one attached hydrogen (secondary N) is 1. The number of amides is 1. The minimum absolute atomic E-state index is 0.0674. The van der Waals surface area contributed by atoms with Crippen LogP contribution in [0.4, 0.5) is 0 Å². The zero-order chi connectivity index (χ0) is 26.7. The molecule has 1 aliphatic heterocycles. The fraction of sp³-hybridized carbons (Fsp3) is 0.312. The Morgan fingerprint density at radius 3 is 2.21 bits per heavy atom. The highest BCUT2D eigenvalue weighted by atomic mass is 35.5. The van der Waals surface area contributed by atoms with E-state index in [9.17, 15) is 9.59 Å². The van der Waals surface area contributed by atoms with Crippen LogP contribution in [0.25, 0.3) is 6.08 Å². The van der Waals surface area contributed by atoms with Crippen molar-refractivity contribution in [1.82, 2.24) is 10.2 Å². The van der Waals surface area contributed by atoms with E-state index in [-0.39, 0.29) is 29.7 Å². The molecule has 0 aliphatic carbocycles. The molecular formula is C32H36ClN3O2. The Morgan fingerprint density at radius 2 is 1.61 bits per heavy atom. The third-order valence-corrected chi connectivity index (χ3v) is 7.38. The van der Waals surface area contributed by atoms with E-state index >= 15 is 0 Å². The molecule has 0 radical (unpaired) electrons. The topological polar surface area (TPSA) is 75.4 Å². The number of hydrogen-bond donors (Lipinski definition) is 2. The number of ketones is 1. The Kier molecular flexibility index (Phi) is 10.3.